The third kappa shape index (κ3) is 4.01. The normalized spacial score (nSPS) is 18.4. The molecule has 1 atom stereocenters. The van der Waals surface area contributed by atoms with Crippen molar-refractivity contribution in [3.05, 3.63) is 28.2 Å². The smallest absolute Gasteiger partial charge is 0.260 e. The molecule has 1 N–H and O–H groups in total. The molecule has 1 aliphatic heterocycles. The van der Waals surface area contributed by atoms with Crippen molar-refractivity contribution in [2.24, 2.45) is 0 Å². The Hall–Kier alpha value is -0.970. The van der Waals surface area contributed by atoms with E-state index >= 15 is 0 Å². The van der Waals surface area contributed by atoms with Crippen molar-refractivity contribution in [2.75, 3.05) is 26.7 Å². The molecule has 1 unspecified atom stereocenters. The van der Waals surface area contributed by atoms with Crippen LogP contribution in [0.5, 0.6) is 5.75 Å². The minimum atomic E-state index is -0.00107. The lowest BCUT2D eigenvalue weighted by Crippen LogP contribution is -2.43. The predicted molar refractivity (Wildman–Crippen MR) is 80.6 cm³/mol. The highest BCUT2D eigenvalue weighted by molar-refractivity contribution is 6.34. The van der Waals surface area contributed by atoms with Crippen LogP contribution in [0.15, 0.2) is 18.2 Å². The second-order valence-electron chi connectivity index (χ2n) is 4.83. The maximum absolute atomic E-state index is 12.2. The molecule has 6 heteroatoms. The van der Waals surface area contributed by atoms with E-state index in [1.807, 2.05) is 11.9 Å². The van der Waals surface area contributed by atoms with Crippen LogP contribution < -0.4 is 10.1 Å². The number of ether oxygens (including phenoxy) is 1. The zero-order valence-electron chi connectivity index (χ0n) is 11.4. The van der Waals surface area contributed by atoms with Gasteiger partial charge in [0.15, 0.2) is 6.61 Å². The number of benzene rings is 1. The van der Waals surface area contributed by atoms with E-state index in [9.17, 15) is 4.79 Å². The van der Waals surface area contributed by atoms with Crippen molar-refractivity contribution in [1.29, 1.82) is 0 Å². The first-order valence-electron chi connectivity index (χ1n) is 6.63. The van der Waals surface area contributed by atoms with Gasteiger partial charge in [0.25, 0.3) is 5.91 Å². The molecule has 110 valence electrons. The Kier molecular flexibility index (Phi) is 5.52. The fraction of sp³-hybridized carbons (Fsp3) is 0.500. The third-order valence-corrected chi connectivity index (χ3v) is 3.77. The SMILES string of the molecule is CNCC1CCCN1C(=O)COc1cc(Cl)cc(Cl)c1. The molecule has 1 aromatic rings. The van der Waals surface area contributed by atoms with E-state index in [-0.39, 0.29) is 18.6 Å². The minimum absolute atomic E-state index is 0.00107. The number of rotatable bonds is 5. The van der Waals surface area contributed by atoms with Crippen LogP contribution in [-0.2, 0) is 4.79 Å². The van der Waals surface area contributed by atoms with Crippen LogP contribution in [0.1, 0.15) is 12.8 Å². The maximum Gasteiger partial charge on any atom is 0.260 e. The summed E-state index contributed by atoms with van der Waals surface area (Å²) in [5, 5.41) is 4.10. The molecule has 0 aliphatic carbocycles. The summed E-state index contributed by atoms with van der Waals surface area (Å²) >= 11 is 11.8. The molecular weight excluding hydrogens is 299 g/mol. The number of likely N-dealkylation sites (tertiary alicyclic amines) is 1. The van der Waals surface area contributed by atoms with Gasteiger partial charge in [0.05, 0.1) is 0 Å². The van der Waals surface area contributed by atoms with E-state index in [0.717, 1.165) is 25.9 Å². The summed E-state index contributed by atoms with van der Waals surface area (Å²) in [7, 11) is 1.89. The van der Waals surface area contributed by atoms with Crippen molar-refractivity contribution < 1.29 is 9.53 Å². The summed E-state index contributed by atoms with van der Waals surface area (Å²) in [5.74, 6) is 0.513. The number of amides is 1. The van der Waals surface area contributed by atoms with Crippen molar-refractivity contribution in [1.82, 2.24) is 10.2 Å². The van der Waals surface area contributed by atoms with Gasteiger partial charge in [-0.25, -0.2) is 0 Å². The van der Waals surface area contributed by atoms with Crippen molar-refractivity contribution in [3.63, 3.8) is 0 Å². The number of nitrogens with one attached hydrogen (secondary N) is 1. The highest BCUT2D eigenvalue weighted by Gasteiger charge is 2.28. The van der Waals surface area contributed by atoms with Gasteiger partial charge < -0.3 is 15.0 Å². The topological polar surface area (TPSA) is 41.6 Å². The van der Waals surface area contributed by atoms with Gasteiger partial charge >= 0.3 is 0 Å². The van der Waals surface area contributed by atoms with Crippen LogP contribution in [0, 0.1) is 0 Å². The van der Waals surface area contributed by atoms with Gasteiger partial charge in [0.1, 0.15) is 5.75 Å². The van der Waals surface area contributed by atoms with Gasteiger partial charge in [-0.15, -0.1) is 0 Å². The average Bonchev–Trinajstić information content (AvgIpc) is 2.83. The van der Waals surface area contributed by atoms with Gasteiger partial charge in [0, 0.05) is 29.2 Å². The first kappa shape index (κ1) is 15.4. The van der Waals surface area contributed by atoms with E-state index in [1.165, 1.54) is 0 Å². The number of nitrogens with zero attached hydrogens (tertiary/aromatic N) is 1. The molecule has 1 heterocycles. The van der Waals surface area contributed by atoms with E-state index in [2.05, 4.69) is 5.32 Å². The molecule has 20 heavy (non-hydrogen) atoms. The fourth-order valence-corrected chi connectivity index (χ4v) is 2.96. The van der Waals surface area contributed by atoms with Crippen LogP contribution in [0.25, 0.3) is 0 Å². The van der Waals surface area contributed by atoms with E-state index in [1.54, 1.807) is 18.2 Å². The Morgan fingerprint density at radius 1 is 1.40 bits per heavy atom. The monoisotopic (exact) mass is 316 g/mol. The van der Waals surface area contributed by atoms with Crippen LogP contribution in [-0.4, -0.2) is 43.6 Å². The Morgan fingerprint density at radius 2 is 2.10 bits per heavy atom. The first-order valence-corrected chi connectivity index (χ1v) is 7.38. The third-order valence-electron chi connectivity index (χ3n) is 3.34. The number of hydrogen-bond donors (Lipinski definition) is 1. The van der Waals surface area contributed by atoms with Crippen molar-refractivity contribution in [2.45, 2.75) is 18.9 Å². The Morgan fingerprint density at radius 3 is 2.75 bits per heavy atom. The quantitative estimate of drug-likeness (QED) is 0.907. The predicted octanol–water partition coefficient (Wildman–Crippen LogP) is 2.58. The number of halogens is 2. The molecule has 0 saturated carbocycles. The largest absolute Gasteiger partial charge is 0.484 e. The molecule has 1 fully saturated rings. The molecule has 0 radical (unpaired) electrons. The second-order valence-corrected chi connectivity index (χ2v) is 5.71. The molecule has 1 aliphatic rings. The van der Waals surface area contributed by atoms with Crippen LogP contribution >= 0.6 is 23.2 Å². The van der Waals surface area contributed by atoms with Crippen LogP contribution in [0.3, 0.4) is 0 Å². The molecule has 1 saturated heterocycles. The molecule has 0 aromatic heterocycles. The van der Waals surface area contributed by atoms with Crippen LogP contribution in [0.2, 0.25) is 10.0 Å². The van der Waals surface area contributed by atoms with Gasteiger partial charge in [0.2, 0.25) is 0 Å². The lowest BCUT2D eigenvalue weighted by Gasteiger charge is -2.24. The Bertz CT molecular complexity index is 462. The zero-order valence-corrected chi connectivity index (χ0v) is 12.9. The molecule has 1 amide bonds. The summed E-state index contributed by atoms with van der Waals surface area (Å²) < 4.78 is 5.49. The molecule has 4 nitrogen and oxygen atoms in total. The Balaban J connectivity index is 1.91. The minimum Gasteiger partial charge on any atom is -0.484 e. The maximum atomic E-state index is 12.2. The highest BCUT2D eigenvalue weighted by atomic mass is 35.5. The highest BCUT2D eigenvalue weighted by Crippen LogP contribution is 2.24. The first-order chi connectivity index (χ1) is 9.60. The average molecular weight is 317 g/mol. The van der Waals surface area contributed by atoms with Gasteiger partial charge in [-0.2, -0.15) is 0 Å². The number of likely N-dealkylation sites (N-methyl/N-ethyl adjacent to an activating group) is 1. The van der Waals surface area contributed by atoms with Gasteiger partial charge in [-0.1, -0.05) is 23.2 Å². The van der Waals surface area contributed by atoms with Gasteiger partial charge in [-0.05, 0) is 38.1 Å². The van der Waals surface area contributed by atoms with Crippen molar-refractivity contribution >= 4 is 29.1 Å². The molecule has 2 rings (SSSR count). The second kappa shape index (κ2) is 7.16. The van der Waals surface area contributed by atoms with E-state index in [4.69, 9.17) is 27.9 Å². The summed E-state index contributed by atoms with van der Waals surface area (Å²) in [4.78, 5) is 14.1. The zero-order chi connectivity index (χ0) is 14.5. The summed E-state index contributed by atoms with van der Waals surface area (Å²) in [6, 6.07) is 5.19. The van der Waals surface area contributed by atoms with Crippen molar-refractivity contribution in [3.8, 4) is 5.75 Å². The van der Waals surface area contributed by atoms with Crippen LogP contribution in [0.4, 0.5) is 0 Å². The lowest BCUT2D eigenvalue weighted by atomic mass is 10.2. The van der Waals surface area contributed by atoms with E-state index in [0.29, 0.717) is 15.8 Å². The molecule has 1 aromatic carbocycles. The van der Waals surface area contributed by atoms with E-state index < -0.39 is 0 Å². The Labute approximate surface area is 129 Å². The lowest BCUT2D eigenvalue weighted by molar-refractivity contribution is -0.134. The summed E-state index contributed by atoms with van der Waals surface area (Å²) in [6.07, 6.45) is 2.08. The molecule has 0 bridgehead atoms. The molecular formula is C14H18Cl2N2O2. The summed E-state index contributed by atoms with van der Waals surface area (Å²) in [6.45, 7) is 1.62. The number of carbonyl (C=O) groups is 1. The summed E-state index contributed by atoms with van der Waals surface area (Å²) in [5.41, 5.74) is 0. The van der Waals surface area contributed by atoms with Gasteiger partial charge in [-0.3, -0.25) is 4.79 Å². The standard InChI is InChI=1S/C14H18Cl2N2O2/c1-17-8-12-3-2-4-18(12)14(19)9-20-13-6-10(15)5-11(16)7-13/h5-7,12,17H,2-4,8-9H2,1H3. The number of hydrogen-bond acceptors (Lipinski definition) is 3. The molecule has 0 spiro atoms. The number of carbonyl (C=O) groups excluding carboxylic acids is 1. The fourth-order valence-electron chi connectivity index (χ4n) is 2.45.